The Labute approximate surface area is 113 Å². The van der Waals surface area contributed by atoms with Gasteiger partial charge in [-0.1, -0.05) is 25.1 Å². The van der Waals surface area contributed by atoms with Crippen molar-refractivity contribution in [3.63, 3.8) is 0 Å². The van der Waals surface area contributed by atoms with Crippen molar-refractivity contribution in [1.82, 2.24) is 4.90 Å². The molecule has 2 rings (SSSR count). The quantitative estimate of drug-likeness (QED) is 0.764. The molecule has 2 atom stereocenters. The molecule has 1 aromatic rings. The van der Waals surface area contributed by atoms with E-state index in [0.717, 1.165) is 5.56 Å². The van der Waals surface area contributed by atoms with Crippen LogP contribution >= 0.6 is 0 Å². The minimum atomic E-state index is -0.229. The predicted molar refractivity (Wildman–Crippen MR) is 71.8 cm³/mol. The number of amides is 1. The van der Waals surface area contributed by atoms with Crippen LogP contribution in [0.1, 0.15) is 22.8 Å². The van der Waals surface area contributed by atoms with E-state index in [1.807, 2.05) is 38.1 Å². The highest BCUT2D eigenvalue weighted by Gasteiger charge is 2.38. The van der Waals surface area contributed by atoms with Gasteiger partial charge in [0.15, 0.2) is 0 Å². The summed E-state index contributed by atoms with van der Waals surface area (Å²) in [5.74, 6) is -0.303. The molecule has 1 aliphatic rings. The normalized spacial score (nSPS) is 22.4. The Bertz CT molecular complexity index is 498. The van der Waals surface area contributed by atoms with E-state index in [1.54, 1.807) is 4.90 Å². The van der Waals surface area contributed by atoms with E-state index in [9.17, 15) is 9.59 Å². The number of hydrogen-bond donors (Lipinski definition) is 0. The van der Waals surface area contributed by atoms with Crippen LogP contribution in [0.4, 0.5) is 0 Å². The van der Waals surface area contributed by atoms with Gasteiger partial charge in [0.05, 0.1) is 13.0 Å². The van der Waals surface area contributed by atoms with Gasteiger partial charge >= 0.3 is 5.97 Å². The van der Waals surface area contributed by atoms with E-state index in [1.165, 1.54) is 7.11 Å². The smallest absolute Gasteiger partial charge is 0.310 e. The van der Waals surface area contributed by atoms with E-state index in [4.69, 9.17) is 4.74 Å². The lowest BCUT2D eigenvalue weighted by atomic mass is 9.99. The van der Waals surface area contributed by atoms with E-state index in [-0.39, 0.29) is 23.7 Å². The lowest BCUT2D eigenvalue weighted by Gasteiger charge is -2.17. The summed E-state index contributed by atoms with van der Waals surface area (Å²) < 4.78 is 4.79. The number of esters is 1. The summed E-state index contributed by atoms with van der Waals surface area (Å²) in [5, 5.41) is 0. The summed E-state index contributed by atoms with van der Waals surface area (Å²) in [5.41, 5.74) is 1.67. The van der Waals surface area contributed by atoms with Crippen LogP contribution < -0.4 is 0 Å². The third-order valence-electron chi connectivity index (χ3n) is 3.78. The molecule has 1 aromatic carbocycles. The fourth-order valence-electron chi connectivity index (χ4n) is 2.57. The van der Waals surface area contributed by atoms with Crippen LogP contribution in [0.2, 0.25) is 0 Å². The number of rotatable bonds is 2. The molecule has 1 heterocycles. The van der Waals surface area contributed by atoms with E-state index in [0.29, 0.717) is 18.7 Å². The van der Waals surface area contributed by atoms with Crippen LogP contribution in [0.25, 0.3) is 0 Å². The molecule has 102 valence electrons. The van der Waals surface area contributed by atoms with E-state index >= 15 is 0 Å². The van der Waals surface area contributed by atoms with Crippen molar-refractivity contribution >= 4 is 11.9 Å². The first-order valence-electron chi connectivity index (χ1n) is 6.47. The van der Waals surface area contributed by atoms with Gasteiger partial charge in [-0.2, -0.15) is 0 Å². The summed E-state index contributed by atoms with van der Waals surface area (Å²) in [7, 11) is 1.39. The molecule has 0 saturated carbocycles. The molecule has 0 aromatic heterocycles. The molecule has 1 saturated heterocycles. The first-order valence-corrected chi connectivity index (χ1v) is 6.47. The number of benzene rings is 1. The van der Waals surface area contributed by atoms with Gasteiger partial charge in [-0.25, -0.2) is 0 Å². The molecule has 19 heavy (non-hydrogen) atoms. The molecule has 1 aliphatic heterocycles. The number of methoxy groups -OCH3 is 1. The SMILES string of the molecule is COC(=O)C1CN(C(=O)c2ccccc2C)CC1C. The largest absolute Gasteiger partial charge is 0.469 e. The van der Waals surface area contributed by atoms with Crippen molar-refractivity contribution in [2.45, 2.75) is 13.8 Å². The molecule has 4 nitrogen and oxygen atoms in total. The second-order valence-electron chi connectivity index (χ2n) is 5.13. The topological polar surface area (TPSA) is 46.6 Å². The Morgan fingerprint density at radius 2 is 1.95 bits per heavy atom. The lowest BCUT2D eigenvalue weighted by molar-refractivity contribution is -0.146. The maximum atomic E-state index is 12.4. The maximum Gasteiger partial charge on any atom is 0.310 e. The molecule has 1 fully saturated rings. The summed E-state index contributed by atoms with van der Waals surface area (Å²) in [6.07, 6.45) is 0. The molecule has 2 unspecified atom stereocenters. The van der Waals surface area contributed by atoms with Crippen molar-refractivity contribution in [3.8, 4) is 0 Å². The number of nitrogens with zero attached hydrogens (tertiary/aromatic N) is 1. The van der Waals surface area contributed by atoms with Crippen molar-refractivity contribution in [2.75, 3.05) is 20.2 Å². The van der Waals surface area contributed by atoms with Crippen molar-refractivity contribution in [1.29, 1.82) is 0 Å². The predicted octanol–water partition coefficient (Wildman–Crippen LogP) is 1.88. The fraction of sp³-hybridized carbons (Fsp3) is 0.467. The first-order chi connectivity index (χ1) is 9.04. The number of carbonyl (C=O) groups is 2. The molecule has 1 amide bonds. The zero-order valence-corrected chi connectivity index (χ0v) is 11.6. The number of likely N-dealkylation sites (tertiary alicyclic amines) is 1. The molecule has 0 N–H and O–H groups in total. The Balaban J connectivity index is 2.15. The Morgan fingerprint density at radius 1 is 1.26 bits per heavy atom. The molecule has 0 bridgehead atoms. The van der Waals surface area contributed by atoms with Crippen molar-refractivity contribution < 1.29 is 14.3 Å². The minimum Gasteiger partial charge on any atom is -0.469 e. The van der Waals surface area contributed by atoms with Gasteiger partial charge in [0.25, 0.3) is 5.91 Å². The van der Waals surface area contributed by atoms with Crippen LogP contribution in [0.5, 0.6) is 0 Å². The fourth-order valence-corrected chi connectivity index (χ4v) is 2.57. The van der Waals surface area contributed by atoms with Gasteiger partial charge in [0, 0.05) is 18.7 Å². The maximum absolute atomic E-state index is 12.4. The summed E-state index contributed by atoms with van der Waals surface area (Å²) in [4.78, 5) is 25.8. The van der Waals surface area contributed by atoms with E-state index in [2.05, 4.69) is 0 Å². The molecule has 0 spiro atoms. The highest BCUT2D eigenvalue weighted by atomic mass is 16.5. The molecule has 0 radical (unpaired) electrons. The summed E-state index contributed by atoms with van der Waals surface area (Å²) in [6, 6.07) is 7.52. The van der Waals surface area contributed by atoms with E-state index < -0.39 is 0 Å². The summed E-state index contributed by atoms with van der Waals surface area (Å²) in [6.45, 7) is 4.95. The first kappa shape index (κ1) is 13.6. The van der Waals surface area contributed by atoms with Gasteiger partial charge in [0.2, 0.25) is 0 Å². The van der Waals surface area contributed by atoms with Crippen LogP contribution in [-0.2, 0) is 9.53 Å². The average molecular weight is 261 g/mol. The Morgan fingerprint density at radius 3 is 2.58 bits per heavy atom. The standard InChI is InChI=1S/C15H19NO3/c1-10-6-4-5-7-12(10)14(17)16-8-11(2)13(9-16)15(18)19-3/h4-7,11,13H,8-9H2,1-3H3. The lowest BCUT2D eigenvalue weighted by Crippen LogP contribution is -2.30. The molecular weight excluding hydrogens is 242 g/mol. The molecular formula is C15H19NO3. The van der Waals surface area contributed by atoms with Crippen LogP contribution in [0.15, 0.2) is 24.3 Å². The minimum absolute atomic E-state index is 0.00338. The number of hydrogen-bond acceptors (Lipinski definition) is 3. The number of carbonyl (C=O) groups excluding carboxylic acids is 2. The van der Waals surface area contributed by atoms with Gasteiger partial charge < -0.3 is 9.64 Å². The van der Waals surface area contributed by atoms with Crippen molar-refractivity contribution in [3.05, 3.63) is 35.4 Å². The number of aryl methyl sites for hydroxylation is 1. The van der Waals surface area contributed by atoms with Gasteiger partial charge in [-0.05, 0) is 24.5 Å². The second kappa shape index (κ2) is 5.43. The average Bonchev–Trinajstić information content (AvgIpc) is 2.80. The number of ether oxygens (including phenoxy) is 1. The van der Waals surface area contributed by atoms with Crippen LogP contribution in [0, 0.1) is 18.8 Å². The Kier molecular flexibility index (Phi) is 3.88. The van der Waals surface area contributed by atoms with Gasteiger partial charge in [-0.15, -0.1) is 0 Å². The monoisotopic (exact) mass is 261 g/mol. The Hall–Kier alpha value is -1.84. The van der Waals surface area contributed by atoms with Crippen LogP contribution in [0.3, 0.4) is 0 Å². The van der Waals surface area contributed by atoms with Gasteiger partial charge in [0.1, 0.15) is 0 Å². The molecule has 4 heteroatoms. The zero-order valence-electron chi connectivity index (χ0n) is 11.6. The highest BCUT2D eigenvalue weighted by Crippen LogP contribution is 2.26. The second-order valence-corrected chi connectivity index (χ2v) is 5.13. The summed E-state index contributed by atoms with van der Waals surface area (Å²) >= 11 is 0. The highest BCUT2D eigenvalue weighted by molar-refractivity contribution is 5.96. The van der Waals surface area contributed by atoms with Crippen LogP contribution in [-0.4, -0.2) is 37.0 Å². The zero-order chi connectivity index (χ0) is 14.0. The van der Waals surface area contributed by atoms with Crippen molar-refractivity contribution in [2.24, 2.45) is 11.8 Å². The molecule has 0 aliphatic carbocycles. The third-order valence-corrected chi connectivity index (χ3v) is 3.78. The van der Waals surface area contributed by atoms with Gasteiger partial charge in [-0.3, -0.25) is 9.59 Å². The third kappa shape index (κ3) is 2.62.